The van der Waals surface area contributed by atoms with E-state index in [2.05, 4.69) is 11.7 Å². The van der Waals surface area contributed by atoms with Crippen LogP contribution in [-0.4, -0.2) is 55.0 Å². The minimum Gasteiger partial charge on any atom is -1.00 e. The molecule has 6 heteroatoms. The third kappa shape index (κ3) is 27.2. The summed E-state index contributed by atoms with van der Waals surface area (Å²) < 4.78 is 4.05. The van der Waals surface area contributed by atoms with Gasteiger partial charge in [-0.25, -0.2) is 4.79 Å². The molecule has 0 rings (SSSR count). The van der Waals surface area contributed by atoms with Gasteiger partial charge in [-0.15, -0.1) is 0 Å². The number of carbonyl (C=O) groups excluding carboxylic acids is 1. The van der Waals surface area contributed by atoms with Gasteiger partial charge in [0.25, 0.3) is 0 Å². The van der Waals surface area contributed by atoms with E-state index in [0.29, 0.717) is 0 Å². The molecule has 0 saturated carbocycles. The van der Waals surface area contributed by atoms with Crippen LogP contribution in [0.5, 0.6) is 0 Å². The molecule has 0 aromatic carbocycles. The number of hydrogen-bond donors (Lipinski definition) is 1. The first-order valence-corrected chi connectivity index (χ1v) is 9.60. The van der Waals surface area contributed by atoms with Crippen molar-refractivity contribution >= 4 is 49.9 Å². The molecule has 1 N–H and O–H groups in total. The van der Waals surface area contributed by atoms with Crippen molar-refractivity contribution in [3.05, 3.63) is 0 Å². The number of esters is 1. The first-order valence-electron chi connectivity index (χ1n) is 9.60. The molecule has 142 valence electrons. The summed E-state index contributed by atoms with van der Waals surface area (Å²) in [6.45, 7) is 2.26. The van der Waals surface area contributed by atoms with E-state index >= 15 is 0 Å². The Balaban J connectivity index is -0.000000403. The topological polar surface area (TPSA) is 63.6 Å². The largest absolute Gasteiger partial charge is 2.00 e. The summed E-state index contributed by atoms with van der Waals surface area (Å²) in [7, 11) is 0. The Bertz CT molecular complexity index is 311. The van der Waals surface area contributed by atoms with Gasteiger partial charge in [0, 0.05) is 25.9 Å². The van der Waals surface area contributed by atoms with Crippen molar-refractivity contribution in [3.63, 3.8) is 0 Å². The van der Waals surface area contributed by atoms with Gasteiger partial charge in [-0.05, 0) is 6.42 Å². The molecule has 0 aliphatic rings. The molecule has 0 aromatic heterocycles. The van der Waals surface area contributed by atoms with Crippen LogP contribution in [0.4, 0.5) is 4.79 Å². The fourth-order valence-electron chi connectivity index (χ4n) is 2.79. The molecular weight excluding hydrogens is 398 g/mol. The van der Waals surface area contributed by atoms with E-state index in [9.17, 15) is 9.59 Å². The van der Waals surface area contributed by atoms with Crippen molar-refractivity contribution in [2.24, 2.45) is 0 Å². The summed E-state index contributed by atoms with van der Waals surface area (Å²) in [4.78, 5) is 21.1. The van der Waals surface area contributed by atoms with Crippen molar-refractivity contribution in [2.75, 3.05) is 0 Å². The van der Waals surface area contributed by atoms with Crippen LogP contribution < -0.4 is 0 Å². The molecule has 0 spiro atoms. The maximum absolute atomic E-state index is 11.0. The molecule has 0 radical (unpaired) electrons. The Morgan fingerprint density at radius 2 is 1.04 bits per heavy atom. The van der Waals surface area contributed by atoms with Crippen LogP contribution in [0.2, 0.25) is 0 Å². The fraction of sp³-hybridized carbons (Fsp3) is 0.895. The Labute approximate surface area is 200 Å². The van der Waals surface area contributed by atoms with Crippen LogP contribution in [0.3, 0.4) is 0 Å². The van der Waals surface area contributed by atoms with Crippen LogP contribution in [0, 0.1) is 0 Å². The van der Waals surface area contributed by atoms with Crippen molar-refractivity contribution in [1.29, 1.82) is 0 Å². The fourth-order valence-corrected chi connectivity index (χ4v) is 2.79. The van der Waals surface area contributed by atoms with Crippen LogP contribution in [0.25, 0.3) is 0 Å². The zero-order valence-electron chi connectivity index (χ0n) is 18.4. The average Bonchev–Trinajstić information content (AvgIpc) is 2.50. The molecule has 0 saturated heterocycles. The molecule has 0 atom stereocenters. The van der Waals surface area contributed by atoms with Gasteiger partial charge in [-0.2, -0.15) is 0 Å². The second kappa shape index (κ2) is 24.8. The summed E-state index contributed by atoms with van der Waals surface area (Å²) in [5.74, 6) is -0.632. The smallest absolute Gasteiger partial charge is 1.00 e. The minimum absolute atomic E-state index is 0. The average molecular weight is 436 g/mol. The SMILES string of the molecule is CCCCCCCCCCCCCCCCCC(=O)OC(=O)O.[Ca+2].[H-].[H-].[Zn]. The van der Waals surface area contributed by atoms with E-state index in [1.807, 2.05) is 0 Å². The Hall–Kier alpha value is 0.823. The van der Waals surface area contributed by atoms with E-state index in [1.54, 1.807) is 0 Å². The first kappa shape index (κ1) is 30.5. The molecule has 0 amide bonds. The number of carbonyl (C=O) groups is 2. The molecule has 0 bridgehead atoms. The van der Waals surface area contributed by atoms with E-state index in [0.717, 1.165) is 19.3 Å². The monoisotopic (exact) mass is 434 g/mol. The molecule has 25 heavy (non-hydrogen) atoms. The quantitative estimate of drug-likeness (QED) is 0.133. The van der Waals surface area contributed by atoms with Gasteiger partial charge in [0.2, 0.25) is 0 Å². The Morgan fingerprint density at radius 3 is 1.36 bits per heavy atom. The van der Waals surface area contributed by atoms with Gasteiger partial charge >= 0.3 is 49.9 Å². The van der Waals surface area contributed by atoms with Crippen LogP contribution in [0.1, 0.15) is 113 Å². The van der Waals surface area contributed by atoms with E-state index < -0.39 is 12.1 Å². The third-order valence-electron chi connectivity index (χ3n) is 4.19. The van der Waals surface area contributed by atoms with Crippen molar-refractivity contribution in [3.8, 4) is 0 Å². The maximum Gasteiger partial charge on any atom is 2.00 e. The summed E-state index contributed by atoms with van der Waals surface area (Å²) in [5, 5.41) is 8.27. The zero-order valence-corrected chi connectivity index (χ0v) is 21.6. The molecular formula is C19H38CaO4Zn. The van der Waals surface area contributed by atoms with E-state index in [1.165, 1.54) is 77.0 Å². The molecule has 0 heterocycles. The predicted molar refractivity (Wildman–Crippen MR) is 102 cm³/mol. The van der Waals surface area contributed by atoms with E-state index in [4.69, 9.17) is 5.11 Å². The second-order valence-corrected chi connectivity index (χ2v) is 6.44. The molecule has 0 unspecified atom stereocenters. The molecule has 0 aromatic rings. The van der Waals surface area contributed by atoms with Crippen molar-refractivity contribution in [2.45, 2.75) is 110 Å². The summed E-state index contributed by atoms with van der Waals surface area (Å²) >= 11 is 0. The number of unbranched alkanes of at least 4 members (excludes halogenated alkanes) is 14. The minimum atomic E-state index is -1.50. The number of ether oxygens (including phenoxy) is 1. The van der Waals surface area contributed by atoms with Crippen LogP contribution in [-0.2, 0) is 29.0 Å². The summed E-state index contributed by atoms with van der Waals surface area (Å²) in [5.41, 5.74) is 0. The summed E-state index contributed by atoms with van der Waals surface area (Å²) in [6.07, 6.45) is 17.8. The van der Waals surface area contributed by atoms with Crippen LogP contribution >= 0.6 is 0 Å². The van der Waals surface area contributed by atoms with Gasteiger partial charge in [0.05, 0.1) is 0 Å². The van der Waals surface area contributed by atoms with Crippen molar-refractivity contribution in [1.82, 2.24) is 0 Å². The van der Waals surface area contributed by atoms with Crippen molar-refractivity contribution < 1.29 is 41.8 Å². The number of rotatable bonds is 16. The van der Waals surface area contributed by atoms with Crippen LogP contribution in [0.15, 0.2) is 0 Å². The molecule has 0 aliphatic carbocycles. The van der Waals surface area contributed by atoms with E-state index in [-0.39, 0.29) is 66.5 Å². The first-order chi connectivity index (χ1) is 11.2. The number of carboxylic acid groups (broad SMARTS) is 1. The summed E-state index contributed by atoms with van der Waals surface area (Å²) in [6, 6.07) is 0. The van der Waals surface area contributed by atoms with Gasteiger partial charge in [0.1, 0.15) is 0 Å². The second-order valence-electron chi connectivity index (χ2n) is 6.44. The number of hydrogen-bond acceptors (Lipinski definition) is 3. The maximum atomic E-state index is 11.0. The standard InChI is InChI=1S/C19H36O4.Ca.Zn.2H/c1-2-3-4-5-6-7-8-9-10-11-12-13-14-15-16-17-18(20)23-19(21)22;;;;/h2-17H2,1H3,(H,21,22);;;;/q;+2;;2*-1. The Kier molecular flexibility index (Phi) is 30.3. The van der Waals surface area contributed by atoms with Gasteiger partial charge in [0.15, 0.2) is 0 Å². The third-order valence-corrected chi connectivity index (χ3v) is 4.19. The molecule has 0 fully saturated rings. The zero-order chi connectivity index (χ0) is 17.2. The molecule has 4 nitrogen and oxygen atoms in total. The van der Waals surface area contributed by atoms with Gasteiger partial charge in [-0.1, -0.05) is 96.8 Å². The molecule has 0 aliphatic heterocycles. The normalized spacial score (nSPS) is 9.80. The van der Waals surface area contributed by atoms with Gasteiger partial charge in [-0.3, -0.25) is 4.79 Å². The predicted octanol–water partition coefficient (Wildman–Crippen LogP) is 6.31. The van der Waals surface area contributed by atoms with Gasteiger partial charge < -0.3 is 12.7 Å². The Morgan fingerprint density at radius 1 is 0.720 bits per heavy atom.